The molecule has 1 heterocycles. The van der Waals surface area contributed by atoms with E-state index in [2.05, 4.69) is 24.3 Å². The monoisotopic (exact) mass is 322 g/mol. The van der Waals surface area contributed by atoms with Gasteiger partial charge in [0.05, 0.1) is 6.61 Å². The normalized spacial score (nSPS) is 14.8. The number of benzene rings is 2. The SMILES string of the molecule is CN(C)CCCOc1ccc(C=C2C(=O)Nc3ccccc32)cc1. The molecule has 4 nitrogen and oxygen atoms in total. The molecule has 0 radical (unpaired) electrons. The van der Waals surface area contributed by atoms with Gasteiger partial charge in [-0.15, -0.1) is 0 Å². The minimum atomic E-state index is -0.0554. The zero-order chi connectivity index (χ0) is 16.9. The summed E-state index contributed by atoms with van der Waals surface area (Å²) < 4.78 is 5.73. The molecule has 1 amide bonds. The molecule has 0 aromatic heterocycles. The standard InChI is InChI=1S/C20H22N2O2/c1-22(2)12-5-13-24-16-10-8-15(9-11-16)14-18-17-6-3-4-7-19(17)21-20(18)23/h3-4,6-11,14H,5,12-13H2,1-2H3,(H,21,23). The summed E-state index contributed by atoms with van der Waals surface area (Å²) in [4.78, 5) is 14.3. The lowest BCUT2D eigenvalue weighted by atomic mass is 10.0. The molecule has 0 bridgehead atoms. The summed E-state index contributed by atoms with van der Waals surface area (Å²) >= 11 is 0. The average Bonchev–Trinajstić information content (AvgIpc) is 2.89. The van der Waals surface area contributed by atoms with E-state index in [4.69, 9.17) is 4.74 Å². The maximum atomic E-state index is 12.1. The fourth-order valence-corrected chi connectivity index (χ4v) is 2.68. The Morgan fingerprint density at radius 2 is 1.83 bits per heavy atom. The Morgan fingerprint density at radius 3 is 2.58 bits per heavy atom. The predicted octanol–water partition coefficient (Wildman–Crippen LogP) is 3.51. The Morgan fingerprint density at radius 1 is 1.08 bits per heavy atom. The van der Waals surface area contributed by atoms with Crippen molar-refractivity contribution in [3.05, 3.63) is 59.7 Å². The zero-order valence-corrected chi connectivity index (χ0v) is 14.1. The molecule has 0 atom stereocenters. The maximum absolute atomic E-state index is 12.1. The number of nitrogens with one attached hydrogen (secondary N) is 1. The second kappa shape index (κ2) is 7.32. The highest BCUT2D eigenvalue weighted by Gasteiger charge is 2.23. The van der Waals surface area contributed by atoms with Crippen LogP contribution in [0.2, 0.25) is 0 Å². The van der Waals surface area contributed by atoms with Crippen LogP contribution in [0.4, 0.5) is 5.69 Å². The van der Waals surface area contributed by atoms with Gasteiger partial charge in [-0.05, 0) is 50.4 Å². The minimum Gasteiger partial charge on any atom is -0.494 e. The molecule has 124 valence electrons. The van der Waals surface area contributed by atoms with Crippen molar-refractivity contribution < 1.29 is 9.53 Å². The van der Waals surface area contributed by atoms with Gasteiger partial charge < -0.3 is 15.0 Å². The van der Waals surface area contributed by atoms with Gasteiger partial charge in [-0.3, -0.25) is 4.79 Å². The smallest absolute Gasteiger partial charge is 0.256 e. The molecular weight excluding hydrogens is 300 g/mol. The van der Waals surface area contributed by atoms with Crippen molar-refractivity contribution in [1.82, 2.24) is 4.90 Å². The number of hydrogen-bond acceptors (Lipinski definition) is 3. The number of nitrogens with zero attached hydrogens (tertiary/aromatic N) is 1. The molecule has 2 aromatic rings. The van der Waals surface area contributed by atoms with Crippen LogP contribution in [0.3, 0.4) is 0 Å². The number of anilines is 1. The lowest BCUT2D eigenvalue weighted by molar-refractivity contribution is -0.110. The van der Waals surface area contributed by atoms with Crippen LogP contribution in [0.5, 0.6) is 5.75 Å². The molecule has 0 saturated heterocycles. The van der Waals surface area contributed by atoms with E-state index in [1.54, 1.807) is 0 Å². The Bertz CT molecular complexity index is 748. The Hall–Kier alpha value is -2.59. The second-order valence-electron chi connectivity index (χ2n) is 6.13. The number of fused-ring (bicyclic) bond motifs is 1. The van der Waals surface area contributed by atoms with Crippen LogP contribution in [0, 0.1) is 0 Å². The minimum absolute atomic E-state index is 0.0554. The summed E-state index contributed by atoms with van der Waals surface area (Å²) in [5, 5.41) is 2.89. The van der Waals surface area contributed by atoms with Crippen molar-refractivity contribution in [3.63, 3.8) is 0 Å². The summed E-state index contributed by atoms with van der Waals surface area (Å²) in [7, 11) is 4.11. The van der Waals surface area contributed by atoms with E-state index >= 15 is 0 Å². The topological polar surface area (TPSA) is 41.6 Å². The molecule has 0 spiro atoms. The summed E-state index contributed by atoms with van der Waals surface area (Å²) in [6, 6.07) is 15.6. The van der Waals surface area contributed by atoms with Crippen molar-refractivity contribution in [1.29, 1.82) is 0 Å². The lowest BCUT2D eigenvalue weighted by Gasteiger charge is -2.10. The first-order valence-corrected chi connectivity index (χ1v) is 8.13. The van der Waals surface area contributed by atoms with Crippen LogP contribution < -0.4 is 10.1 Å². The fraction of sp³-hybridized carbons (Fsp3) is 0.250. The van der Waals surface area contributed by atoms with E-state index in [1.165, 1.54) is 0 Å². The van der Waals surface area contributed by atoms with E-state index < -0.39 is 0 Å². The molecule has 4 heteroatoms. The first kappa shape index (κ1) is 16.3. The van der Waals surface area contributed by atoms with Gasteiger partial charge in [0, 0.05) is 23.4 Å². The maximum Gasteiger partial charge on any atom is 0.256 e. The summed E-state index contributed by atoms with van der Waals surface area (Å²) in [6.07, 6.45) is 2.91. The van der Waals surface area contributed by atoms with Gasteiger partial charge in [-0.2, -0.15) is 0 Å². The van der Waals surface area contributed by atoms with Gasteiger partial charge in [0.15, 0.2) is 0 Å². The number of carbonyl (C=O) groups is 1. The van der Waals surface area contributed by atoms with Gasteiger partial charge >= 0.3 is 0 Å². The van der Waals surface area contributed by atoms with E-state index in [9.17, 15) is 4.79 Å². The Labute approximate surface area is 142 Å². The van der Waals surface area contributed by atoms with E-state index in [1.807, 2.05) is 54.6 Å². The fourth-order valence-electron chi connectivity index (χ4n) is 2.68. The van der Waals surface area contributed by atoms with Gasteiger partial charge in [0.25, 0.3) is 5.91 Å². The Balaban J connectivity index is 1.67. The number of hydrogen-bond donors (Lipinski definition) is 1. The molecule has 2 aromatic carbocycles. The highest BCUT2D eigenvalue weighted by atomic mass is 16.5. The number of ether oxygens (including phenoxy) is 1. The van der Waals surface area contributed by atoms with Crippen LogP contribution in [-0.2, 0) is 4.79 Å². The lowest BCUT2D eigenvalue weighted by Crippen LogP contribution is -2.15. The first-order chi connectivity index (χ1) is 11.6. The van der Waals surface area contributed by atoms with E-state index in [0.29, 0.717) is 12.2 Å². The largest absolute Gasteiger partial charge is 0.494 e. The molecule has 3 rings (SSSR count). The number of amides is 1. The zero-order valence-electron chi connectivity index (χ0n) is 14.1. The first-order valence-electron chi connectivity index (χ1n) is 8.13. The third-order valence-corrected chi connectivity index (χ3v) is 3.92. The highest BCUT2D eigenvalue weighted by molar-refractivity contribution is 6.34. The van der Waals surface area contributed by atoms with Gasteiger partial charge in [0.1, 0.15) is 5.75 Å². The molecule has 0 fully saturated rings. The number of rotatable bonds is 6. The van der Waals surface area contributed by atoms with Gasteiger partial charge in [0.2, 0.25) is 0 Å². The van der Waals surface area contributed by atoms with Crippen LogP contribution in [0.1, 0.15) is 17.5 Å². The average molecular weight is 322 g/mol. The molecular formula is C20H22N2O2. The number of carbonyl (C=O) groups excluding carboxylic acids is 1. The van der Waals surface area contributed by atoms with Crippen LogP contribution in [-0.4, -0.2) is 38.1 Å². The molecule has 24 heavy (non-hydrogen) atoms. The predicted molar refractivity (Wildman–Crippen MR) is 98.1 cm³/mol. The van der Waals surface area contributed by atoms with Crippen LogP contribution >= 0.6 is 0 Å². The molecule has 1 aliphatic heterocycles. The molecule has 0 saturated carbocycles. The van der Waals surface area contributed by atoms with Gasteiger partial charge in [-0.1, -0.05) is 30.3 Å². The quantitative estimate of drug-likeness (QED) is 0.654. The van der Waals surface area contributed by atoms with E-state index in [0.717, 1.165) is 35.5 Å². The highest BCUT2D eigenvalue weighted by Crippen LogP contribution is 2.32. The van der Waals surface area contributed by atoms with Crippen LogP contribution in [0.25, 0.3) is 11.6 Å². The summed E-state index contributed by atoms with van der Waals surface area (Å²) in [5.74, 6) is 0.799. The molecule has 1 aliphatic rings. The van der Waals surface area contributed by atoms with Crippen molar-refractivity contribution >= 4 is 23.2 Å². The number of para-hydroxylation sites is 1. The van der Waals surface area contributed by atoms with Crippen molar-refractivity contribution in [2.45, 2.75) is 6.42 Å². The second-order valence-corrected chi connectivity index (χ2v) is 6.13. The summed E-state index contributed by atoms with van der Waals surface area (Å²) in [6.45, 7) is 1.72. The molecule has 1 N–H and O–H groups in total. The molecule has 0 unspecified atom stereocenters. The van der Waals surface area contributed by atoms with E-state index in [-0.39, 0.29) is 5.91 Å². The van der Waals surface area contributed by atoms with Crippen molar-refractivity contribution in [3.8, 4) is 5.75 Å². The third-order valence-electron chi connectivity index (χ3n) is 3.92. The molecule has 0 aliphatic carbocycles. The van der Waals surface area contributed by atoms with Crippen LogP contribution in [0.15, 0.2) is 48.5 Å². The van der Waals surface area contributed by atoms with Crippen molar-refractivity contribution in [2.75, 3.05) is 32.6 Å². The van der Waals surface area contributed by atoms with Crippen molar-refractivity contribution in [2.24, 2.45) is 0 Å². The third kappa shape index (κ3) is 3.84. The Kier molecular flexibility index (Phi) is 4.96. The van der Waals surface area contributed by atoms with Gasteiger partial charge in [-0.25, -0.2) is 0 Å². The summed E-state index contributed by atoms with van der Waals surface area (Å²) in [5.41, 5.74) is 3.50.